The summed E-state index contributed by atoms with van der Waals surface area (Å²) in [6.45, 7) is 5.95. The van der Waals surface area contributed by atoms with E-state index in [1.165, 1.54) is 0 Å². The number of likely N-dealkylation sites (tertiary alicyclic amines) is 2. The van der Waals surface area contributed by atoms with Crippen molar-refractivity contribution in [2.75, 3.05) is 46.8 Å². The molecule has 28 heavy (non-hydrogen) atoms. The Morgan fingerprint density at radius 1 is 1.29 bits per heavy atom. The third kappa shape index (κ3) is 3.81. The van der Waals surface area contributed by atoms with Crippen LogP contribution in [0.3, 0.4) is 0 Å². The minimum Gasteiger partial charge on any atom is -0.341 e. The number of carbonyl (C=O) groups excluding carboxylic acids is 2. The summed E-state index contributed by atoms with van der Waals surface area (Å²) in [5, 5.41) is 7.47. The lowest BCUT2D eigenvalue weighted by molar-refractivity contribution is -0.139. The number of rotatable bonds is 5. The molecule has 1 atom stereocenters. The molecule has 154 valence electrons. The van der Waals surface area contributed by atoms with Gasteiger partial charge in [-0.3, -0.25) is 14.7 Å². The molecule has 3 heterocycles. The lowest BCUT2D eigenvalue weighted by Gasteiger charge is -2.48. The van der Waals surface area contributed by atoms with Crippen molar-refractivity contribution in [1.29, 1.82) is 0 Å². The maximum atomic E-state index is 13.4. The zero-order valence-electron chi connectivity index (χ0n) is 17.5. The number of nitrogens with one attached hydrogen (secondary N) is 1. The van der Waals surface area contributed by atoms with Gasteiger partial charge in [0.05, 0.1) is 11.3 Å². The van der Waals surface area contributed by atoms with Gasteiger partial charge in [-0.25, -0.2) is 0 Å². The summed E-state index contributed by atoms with van der Waals surface area (Å²) in [4.78, 5) is 32.0. The highest BCUT2D eigenvalue weighted by molar-refractivity contribution is 5.96. The van der Waals surface area contributed by atoms with Gasteiger partial charge in [-0.2, -0.15) is 5.10 Å². The van der Waals surface area contributed by atoms with Crippen LogP contribution >= 0.6 is 0 Å². The van der Waals surface area contributed by atoms with E-state index in [1.54, 1.807) is 0 Å². The first-order valence-electron chi connectivity index (χ1n) is 10.7. The Balaban J connectivity index is 1.49. The molecule has 1 unspecified atom stereocenters. The first-order valence-corrected chi connectivity index (χ1v) is 10.7. The van der Waals surface area contributed by atoms with Crippen LogP contribution in [0.4, 0.5) is 0 Å². The number of H-pyrrole nitrogens is 1. The highest BCUT2D eigenvalue weighted by Crippen LogP contribution is 2.43. The van der Waals surface area contributed by atoms with E-state index < -0.39 is 0 Å². The first-order chi connectivity index (χ1) is 13.4. The SMILES string of the molecule is Cc1[nH]nc(C2CC2)c1C(=O)N1CCCC2(CCC(=O)N(CCN(C)C)C2)C1. The van der Waals surface area contributed by atoms with E-state index in [4.69, 9.17) is 0 Å². The molecule has 2 amide bonds. The number of amides is 2. The normalized spacial score (nSPS) is 25.8. The van der Waals surface area contributed by atoms with Gasteiger partial charge in [0.15, 0.2) is 0 Å². The maximum Gasteiger partial charge on any atom is 0.257 e. The van der Waals surface area contributed by atoms with Gasteiger partial charge in [-0.1, -0.05) is 0 Å². The summed E-state index contributed by atoms with van der Waals surface area (Å²) in [7, 11) is 4.08. The van der Waals surface area contributed by atoms with E-state index in [0.717, 1.165) is 81.8 Å². The molecule has 1 aromatic heterocycles. The molecule has 0 radical (unpaired) electrons. The molecule has 0 bridgehead atoms. The zero-order valence-corrected chi connectivity index (χ0v) is 17.5. The average Bonchev–Trinajstić information content (AvgIpc) is 3.44. The van der Waals surface area contributed by atoms with E-state index >= 15 is 0 Å². The zero-order chi connectivity index (χ0) is 19.9. The summed E-state index contributed by atoms with van der Waals surface area (Å²) in [5.41, 5.74) is 2.70. The number of hydrogen-bond donors (Lipinski definition) is 1. The van der Waals surface area contributed by atoms with E-state index in [0.29, 0.717) is 12.3 Å². The summed E-state index contributed by atoms with van der Waals surface area (Å²) in [5.74, 6) is 0.845. The van der Waals surface area contributed by atoms with Gasteiger partial charge in [0.25, 0.3) is 5.91 Å². The van der Waals surface area contributed by atoms with Crippen molar-refractivity contribution < 1.29 is 9.59 Å². The van der Waals surface area contributed by atoms with Crippen LogP contribution in [-0.2, 0) is 4.79 Å². The van der Waals surface area contributed by atoms with E-state index in [2.05, 4.69) is 15.1 Å². The number of aryl methyl sites for hydroxylation is 1. The number of hydrogen-bond acceptors (Lipinski definition) is 4. The summed E-state index contributed by atoms with van der Waals surface area (Å²) >= 11 is 0. The summed E-state index contributed by atoms with van der Waals surface area (Å²) < 4.78 is 0. The Morgan fingerprint density at radius 2 is 2.07 bits per heavy atom. The molecule has 1 spiro atoms. The van der Waals surface area contributed by atoms with Crippen LogP contribution in [0, 0.1) is 12.3 Å². The Hall–Kier alpha value is -1.89. The minimum absolute atomic E-state index is 0.0471. The molecule has 1 N–H and O–H groups in total. The quantitative estimate of drug-likeness (QED) is 0.839. The fraction of sp³-hybridized carbons (Fsp3) is 0.762. The standard InChI is InChI=1S/C21H33N5O2/c1-15-18(19(23-22-15)16-5-6-16)20(28)26-10-4-8-21(14-26)9-7-17(27)25(13-21)12-11-24(2)3/h16H,4-14H2,1-3H3,(H,22,23). The van der Waals surface area contributed by atoms with Gasteiger partial charge >= 0.3 is 0 Å². The van der Waals surface area contributed by atoms with Gasteiger partial charge in [0, 0.05) is 56.2 Å². The van der Waals surface area contributed by atoms with Crippen molar-refractivity contribution in [2.45, 2.75) is 51.4 Å². The molecular weight excluding hydrogens is 354 g/mol. The Kier molecular flexibility index (Phi) is 5.21. The second-order valence-electron chi connectivity index (χ2n) is 9.33. The number of likely N-dealkylation sites (N-methyl/N-ethyl adjacent to an activating group) is 1. The molecule has 2 saturated heterocycles. The Morgan fingerprint density at radius 3 is 2.79 bits per heavy atom. The third-order valence-electron chi connectivity index (χ3n) is 6.67. The van der Waals surface area contributed by atoms with Crippen molar-refractivity contribution in [3.05, 3.63) is 17.0 Å². The Labute approximate surface area is 167 Å². The summed E-state index contributed by atoms with van der Waals surface area (Å²) in [6.07, 6.45) is 5.88. The molecule has 7 heteroatoms. The van der Waals surface area contributed by atoms with Crippen molar-refractivity contribution in [3.63, 3.8) is 0 Å². The highest BCUT2D eigenvalue weighted by atomic mass is 16.2. The number of piperidine rings is 2. The predicted molar refractivity (Wildman–Crippen MR) is 107 cm³/mol. The second kappa shape index (κ2) is 7.50. The largest absolute Gasteiger partial charge is 0.341 e. The molecule has 3 aliphatic rings. The van der Waals surface area contributed by atoms with Crippen LogP contribution in [0.2, 0.25) is 0 Å². The van der Waals surface area contributed by atoms with E-state index in [9.17, 15) is 9.59 Å². The fourth-order valence-electron chi connectivity index (χ4n) is 4.87. The van der Waals surface area contributed by atoms with Gasteiger partial charge in [-0.15, -0.1) is 0 Å². The monoisotopic (exact) mass is 387 g/mol. The molecule has 7 nitrogen and oxygen atoms in total. The van der Waals surface area contributed by atoms with Gasteiger partial charge in [-0.05, 0) is 53.1 Å². The smallest absolute Gasteiger partial charge is 0.257 e. The summed E-state index contributed by atoms with van der Waals surface area (Å²) in [6, 6.07) is 0. The van der Waals surface area contributed by atoms with Crippen LogP contribution in [0.15, 0.2) is 0 Å². The predicted octanol–water partition coefficient (Wildman–Crippen LogP) is 2.00. The van der Waals surface area contributed by atoms with Crippen molar-refractivity contribution in [3.8, 4) is 0 Å². The number of aromatic nitrogens is 2. The lowest BCUT2D eigenvalue weighted by Crippen LogP contribution is -2.55. The maximum absolute atomic E-state index is 13.4. The van der Waals surface area contributed by atoms with Crippen molar-refractivity contribution in [1.82, 2.24) is 24.9 Å². The van der Waals surface area contributed by atoms with Crippen molar-refractivity contribution in [2.24, 2.45) is 5.41 Å². The van der Waals surface area contributed by atoms with Crippen LogP contribution in [0.1, 0.15) is 66.2 Å². The Bertz CT molecular complexity index is 754. The number of aromatic amines is 1. The van der Waals surface area contributed by atoms with Crippen LogP contribution in [0.25, 0.3) is 0 Å². The molecule has 1 saturated carbocycles. The fourth-order valence-corrected chi connectivity index (χ4v) is 4.87. The lowest BCUT2D eigenvalue weighted by atomic mass is 9.73. The molecule has 1 aromatic rings. The highest BCUT2D eigenvalue weighted by Gasteiger charge is 2.43. The molecule has 4 rings (SSSR count). The van der Waals surface area contributed by atoms with Crippen molar-refractivity contribution >= 4 is 11.8 Å². The van der Waals surface area contributed by atoms with Gasteiger partial charge in [0.2, 0.25) is 5.91 Å². The molecule has 0 aromatic carbocycles. The first kappa shape index (κ1) is 19.4. The molecule has 2 aliphatic heterocycles. The average molecular weight is 388 g/mol. The number of nitrogens with zero attached hydrogens (tertiary/aromatic N) is 4. The topological polar surface area (TPSA) is 72.5 Å². The van der Waals surface area contributed by atoms with Gasteiger partial charge in [0.1, 0.15) is 0 Å². The molecule has 3 fully saturated rings. The number of carbonyl (C=O) groups is 2. The minimum atomic E-state index is 0.0471. The van der Waals surface area contributed by atoms with Crippen LogP contribution in [-0.4, -0.2) is 83.5 Å². The van der Waals surface area contributed by atoms with Crippen LogP contribution < -0.4 is 0 Å². The molecular formula is C21H33N5O2. The molecule has 1 aliphatic carbocycles. The third-order valence-corrected chi connectivity index (χ3v) is 6.67. The second-order valence-corrected chi connectivity index (χ2v) is 9.33. The van der Waals surface area contributed by atoms with Crippen LogP contribution in [0.5, 0.6) is 0 Å². The van der Waals surface area contributed by atoms with E-state index in [-0.39, 0.29) is 17.2 Å². The van der Waals surface area contributed by atoms with Gasteiger partial charge < -0.3 is 14.7 Å². The van der Waals surface area contributed by atoms with E-state index in [1.807, 2.05) is 30.8 Å².